The average molecular weight is 420 g/mol. The Labute approximate surface area is 163 Å². The maximum Gasteiger partial charge on any atom is 0.387 e. The van der Waals surface area contributed by atoms with Gasteiger partial charge in [0.25, 0.3) is 0 Å². The highest BCUT2D eigenvalue weighted by molar-refractivity contribution is 8.56. The normalized spacial score (nSPS) is 14.5. The van der Waals surface area contributed by atoms with Gasteiger partial charge in [-0.2, -0.15) is 0 Å². The number of hydrogen-bond acceptors (Lipinski definition) is 7. The lowest BCUT2D eigenvalue weighted by Crippen LogP contribution is -2.34. The van der Waals surface area contributed by atoms with Crippen LogP contribution in [0, 0.1) is 0 Å². The van der Waals surface area contributed by atoms with E-state index in [0.717, 1.165) is 15.5 Å². The zero-order valence-corrected chi connectivity index (χ0v) is 17.5. The molecule has 0 aliphatic rings. The number of carbonyl (C=O) groups excluding carboxylic acids is 1. The van der Waals surface area contributed by atoms with E-state index in [2.05, 4.69) is 17.8 Å². The Kier molecular flexibility index (Phi) is 9.35. The third-order valence-corrected chi connectivity index (χ3v) is 8.57. The lowest BCUT2D eigenvalue weighted by molar-refractivity contribution is -0.150. The fraction of sp³-hybridized carbons (Fsp3) is 0.467. The van der Waals surface area contributed by atoms with Crippen LogP contribution in [0.5, 0.6) is 5.75 Å². The number of ether oxygens (including phenoxy) is 1. The number of para-hydroxylation sites is 1. The largest absolute Gasteiger partial charge is 0.462 e. The lowest BCUT2D eigenvalue weighted by atomic mass is 10.3. The van der Waals surface area contributed by atoms with Crippen LogP contribution in [0.2, 0.25) is 0 Å². The molecular weight excluding hydrogens is 395 g/mol. The molecule has 0 heterocycles. The average Bonchev–Trinajstić information content (AvgIpc) is 2.57. The quantitative estimate of drug-likeness (QED) is 0.132. The molecule has 0 spiro atoms. The number of guanidine groups is 1. The molecule has 0 saturated carbocycles. The van der Waals surface area contributed by atoms with Crippen molar-refractivity contribution in [2.24, 2.45) is 16.5 Å². The first kappa shape index (κ1) is 22.7. The minimum absolute atomic E-state index is 0.0546. The fourth-order valence-corrected chi connectivity index (χ4v) is 6.08. The van der Waals surface area contributed by atoms with Gasteiger partial charge in [-0.3, -0.25) is 9.79 Å². The lowest BCUT2D eigenvalue weighted by Gasteiger charge is -2.29. The van der Waals surface area contributed by atoms with Crippen LogP contribution in [0.1, 0.15) is 20.8 Å². The Morgan fingerprint density at radius 1 is 1.31 bits per heavy atom. The number of thiol groups is 1. The summed E-state index contributed by atoms with van der Waals surface area (Å²) in [7, 11) is 0. The summed E-state index contributed by atoms with van der Waals surface area (Å²) in [6.07, 6.45) is -0.296. The zero-order valence-electron chi connectivity index (χ0n) is 14.9. The van der Waals surface area contributed by atoms with Crippen LogP contribution in [0.4, 0.5) is 0 Å². The highest BCUT2D eigenvalue weighted by Crippen LogP contribution is 2.63. The first-order chi connectivity index (χ1) is 12.2. The van der Waals surface area contributed by atoms with Gasteiger partial charge in [0.1, 0.15) is 11.8 Å². The standard InChI is InChI=1S/C15H25N4O4PS2/c1-11(2)22-14(20)12(3)19(25)24(21,26-10-9-18-15(16)17)23-13-7-5-4-6-8-13/h4-8,11-12,25H,9-10H2,1-3H3,(H4,16,17,18)/t12-,24+/m0/s1. The van der Waals surface area contributed by atoms with E-state index in [-0.39, 0.29) is 18.6 Å². The second-order valence-electron chi connectivity index (χ2n) is 5.49. The van der Waals surface area contributed by atoms with E-state index in [1.165, 1.54) is 0 Å². The molecule has 11 heteroatoms. The molecular formula is C15H25N4O4PS2. The molecule has 146 valence electrons. The molecule has 0 bridgehead atoms. The summed E-state index contributed by atoms with van der Waals surface area (Å²) in [4.78, 5) is 16.0. The molecule has 0 aromatic heterocycles. The number of benzene rings is 1. The van der Waals surface area contributed by atoms with Gasteiger partial charge in [0.05, 0.1) is 12.6 Å². The molecule has 0 amide bonds. The summed E-state index contributed by atoms with van der Waals surface area (Å²) in [5.41, 5.74) is 10.6. The van der Waals surface area contributed by atoms with Gasteiger partial charge in [0, 0.05) is 5.75 Å². The van der Waals surface area contributed by atoms with E-state index in [0.29, 0.717) is 11.5 Å². The number of rotatable bonds is 10. The minimum atomic E-state index is -3.58. The van der Waals surface area contributed by atoms with Crippen LogP contribution in [0.25, 0.3) is 0 Å². The second kappa shape index (κ2) is 10.7. The van der Waals surface area contributed by atoms with Crippen LogP contribution < -0.4 is 16.0 Å². The van der Waals surface area contributed by atoms with Crippen molar-refractivity contribution in [3.8, 4) is 5.75 Å². The summed E-state index contributed by atoms with van der Waals surface area (Å²) in [5, 5.41) is 0. The first-order valence-corrected chi connectivity index (χ1v) is 11.5. The second-order valence-corrected chi connectivity index (χ2v) is 10.6. The molecule has 0 saturated heterocycles. The van der Waals surface area contributed by atoms with E-state index in [1.807, 2.05) is 6.07 Å². The number of hydrogen-bond donors (Lipinski definition) is 3. The van der Waals surface area contributed by atoms with Crippen molar-refractivity contribution in [3.63, 3.8) is 0 Å². The van der Waals surface area contributed by atoms with E-state index in [4.69, 9.17) is 20.7 Å². The van der Waals surface area contributed by atoms with E-state index >= 15 is 0 Å². The number of nitrogens with two attached hydrogens (primary N) is 2. The predicted molar refractivity (Wildman–Crippen MR) is 109 cm³/mol. The molecule has 1 aromatic carbocycles. The highest BCUT2D eigenvalue weighted by atomic mass is 32.7. The zero-order chi connectivity index (χ0) is 19.7. The van der Waals surface area contributed by atoms with Gasteiger partial charge in [0.15, 0.2) is 5.96 Å². The van der Waals surface area contributed by atoms with Gasteiger partial charge in [-0.15, -0.1) is 4.08 Å². The molecule has 1 aromatic rings. The Balaban J connectivity index is 2.95. The summed E-state index contributed by atoms with van der Waals surface area (Å²) < 4.78 is 25.4. The van der Waals surface area contributed by atoms with Crippen LogP contribution in [0.3, 0.4) is 0 Å². The Morgan fingerprint density at radius 2 is 1.92 bits per heavy atom. The molecule has 0 unspecified atom stereocenters. The number of esters is 1. The van der Waals surface area contributed by atoms with Crippen molar-refractivity contribution in [1.29, 1.82) is 0 Å². The molecule has 4 N–H and O–H groups in total. The summed E-state index contributed by atoms with van der Waals surface area (Å²) in [5.74, 6) is 0.108. The SMILES string of the molecule is CC(C)OC(=O)[C@H](C)N(S)[P@@](=O)(Oc1ccccc1)SCCN=C(N)N. The van der Waals surface area contributed by atoms with Crippen LogP contribution in [0.15, 0.2) is 35.3 Å². The molecule has 0 aliphatic carbocycles. The van der Waals surface area contributed by atoms with Crippen LogP contribution in [-0.4, -0.2) is 40.4 Å². The van der Waals surface area contributed by atoms with Gasteiger partial charge >= 0.3 is 12.7 Å². The third-order valence-electron chi connectivity index (χ3n) is 2.89. The van der Waals surface area contributed by atoms with Gasteiger partial charge in [-0.1, -0.05) is 31.0 Å². The van der Waals surface area contributed by atoms with Gasteiger partial charge in [-0.25, -0.2) is 4.57 Å². The molecule has 1 rings (SSSR count). The molecule has 0 radical (unpaired) electrons. The first-order valence-electron chi connectivity index (χ1n) is 7.89. The van der Waals surface area contributed by atoms with Crippen molar-refractivity contribution in [1.82, 2.24) is 4.08 Å². The molecule has 2 atom stereocenters. The van der Waals surface area contributed by atoms with Gasteiger partial charge in [0.2, 0.25) is 0 Å². The van der Waals surface area contributed by atoms with E-state index in [9.17, 15) is 9.36 Å². The Hall–Kier alpha value is -1.35. The van der Waals surface area contributed by atoms with Gasteiger partial charge < -0.3 is 20.7 Å². The summed E-state index contributed by atoms with van der Waals surface area (Å²) >= 11 is 5.27. The van der Waals surface area contributed by atoms with Crippen LogP contribution in [-0.2, 0) is 14.1 Å². The number of nitrogens with zero attached hydrogens (tertiary/aromatic N) is 2. The van der Waals surface area contributed by atoms with E-state index in [1.54, 1.807) is 45.0 Å². The van der Waals surface area contributed by atoms with E-state index < -0.39 is 18.7 Å². The topological polar surface area (TPSA) is 120 Å². The van der Waals surface area contributed by atoms with Crippen molar-refractivity contribution in [2.75, 3.05) is 12.3 Å². The van der Waals surface area contributed by atoms with Gasteiger partial charge in [-0.05, 0) is 44.3 Å². The summed E-state index contributed by atoms with van der Waals surface area (Å²) in [6.45, 7) is 1.69. The molecule has 26 heavy (non-hydrogen) atoms. The molecule has 0 aliphatic heterocycles. The Morgan fingerprint density at radius 3 is 2.46 bits per heavy atom. The number of carbonyl (C=O) groups is 1. The maximum atomic E-state index is 13.4. The monoisotopic (exact) mass is 420 g/mol. The molecule has 8 nitrogen and oxygen atoms in total. The number of aliphatic imine (C=N–C) groups is 1. The van der Waals surface area contributed by atoms with Crippen molar-refractivity contribution < 1.29 is 18.6 Å². The van der Waals surface area contributed by atoms with Crippen LogP contribution >= 0.6 is 30.9 Å². The van der Waals surface area contributed by atoms with Crippen molar-refractivity contribution in [3.05, 3.63) is 30.3 Å². The summed E-state index contributed by atoms with van der Waals surface area (Å²) in [6, 6.07) is 7.77. The third kappa shape index (κ3) is 7.49. The fourth-order valence-electron chi connectivity index (χ4n) is 1.71. The smallest absolute Gasteiger partial charge is 0.387 e. The van der Waals surface area contributed by atoms with Crippen molar-refractivity contribution in [2.45, 2.75) is 32.9 Å². The maximum absolute atomic E-state index is 13.4. The highest BCUT2D eigenvalue weighted by Gasteiger charge is 2.39. The van der Waals surface area contributed by atoms with Crippen molar-refractivity contribution >= 4 is 42.8 Å². The predicted octanol–water partition coefficient (Wildman–Crippen LogP) is 2.67. The molecule has 0 fully saturated rings. The Bertz CT molecular complexity index is 656. The minimum Gasteiger partial charge on any atom is -0.462 e.